The van der Waals surface area contributed by atoms with Crippen LogP contribution in [0.3, 0.4) is 0 Å². The maximum atomic E-state index is 12.3. The molecule has 0 amide bonds. The Labute approximate surface area is 89.2 Å². The fourth-order valence-corrected chi connectivity index (χ4v) is 3.06. The summed E-state index contributed by atoms with van der Waals surface area (Å²) in [6, 6.07) is 0.292. The minimum atomic E-state index is -2.21. The Kier molecular flexibility index (Phi) is 4.88. The summed E-state index contributed by atoms with van der Waals surface area (Å²) in [6.45, 7) is 1.99. The van der Waals surface area contributed by atoms with Crippen LogP contribution in [0.25, 0.3) is 0 Å². The number of aliphatic imine (C=N–C) groups is 1. The molecule has 0 saturated carbocycles. The van der Waals surface area contributed by atoms with Gasteiger partial charge in [-0.3, -0.25) is 4.99 Å². The number of hydrogen-bond donors (Lipinski definition) is 0. The summed E-state index contributed by atoms with van der Waals surface area (Å²) >= 11 is 2.94. The maximum absolute atomic E-state index is 12.3. The van der Waals surface area contributed by atoms with E-state index < -0.39 is 11.9 Å². The second-order valence-corrected chi connectivity index (χ2v) is 5.17. The Morgan fingerprint density at radius 3 is 2.79 bits per heavy atom. The molecule has 0 aromatic carbocycles. The van der Waals surface area contributed by atoms with Gasteiger partial charge in [0.15, 0.2) is 5.83 Å². The van der Waals surface area contributed by atoms with Crippen molar-refractivity contribution < 1.29 is 13.2 Å². The number of nitrogens with zero attached hydrogens (tertiary/aromatic N) is 1. The standard InChI is InChI=1S/C8H10F3NS2/c1-5-4-14-8(12-5)13-3-2-6(9)7(10)11/h5H,2-4H2,1H3. The van der Waals surface area contributed by atoms with Crippen LogP contribution in [-0.4, -0.2) is 21.9 Å². The summed E-state index contributed by atoms with van der Waals surface area (Å²) in [5.41, 5.74) is 0. The lowest BCUT2D eigenvalue weighted by atomic mass is 10.4. The van der Waals surface area contributed by atoms with Crippen molar-refractivity contribution in [3.05, 3.63) is 11.9 Å². The van der Waals surface area contributed by atoms with Gasteiger partial charge in [0, 0.05) is 17.9 Å². The minimum Gasteiger partial charge on any atom is -0.268 e. The minimum absolute atomic E-state index is 0.221. The first-order valence-electron chi connectivity index (χ1n) is 4.12. The quantitative estimate of drug-likeness (QED) is 0.747. The SMILES string of the molecule is CC1CSC(SCCC(F)=C(F)F)=N1. The molecule has 0 aromatic heterocycles. The molecule has 80 valence electrons. The predicted molar refractivity (Wildman–Crippen MR) is 56.8 cm³/mol. The molecule has 0 aliphatic carbocycles. The molecule has 1 aliphatic heterocycles. The van der Waals surface area contributed by atoms with Gasteiger partial charge in [0.1, 0.15) is 4.38 Å². The average molecular weight is 241 g/mol. The topological polar surface area (TPSA) is 12.4 Å². The van der Waals surface area contributed by atoms with E-state index in [1.165, 1.54) is 11.8 Å². The molecule has 0 spiro atoms. The molecule has 0 aromatic rings. The summed E-state index contributed by atoms with van der Waals surface area (Å²) in [7, 11) is 0. The summed E-state index contributed by atoms with van der Waals surface area (Å²) < 4.78 is 36.5. The van der Waals surface area contributed by atoms with E-state index in [0.29, 0.717) is 11.8 Å². The zero-order valence-electron chi connectivity index (χ0n) is 7.60. The van der Waals surface area contributed by atoms with Crippen molar-refractivity contribution in [2.24, 2.45) is 4.99 Å². The van der Waals surface area contributed by atoms with Crippen LogP contribution >= 0.6 is 23.5 Å². The van der Waals surface area contributed by atoms with Crippen molar-refractivity contribution in [1.82, 2.24) is 0 Å². The van der Waals surface area contributed by atoms with Crippen LogP contribution < -0.4 is 0 Å². The van der Waals surface area contributed by atoms with E-state index in [1.807, 2.05) is 6.92 Å². The fourth-order valence-electron chi connectivity index (χ4n) is 0.848. The molecule has 6 heteroatoms. The predicted octanol–water partition coefficient (Wildman–Crippen LogP) is 3.68. The second-order valence-electron chi connectivity index (χ2n) is 2.82. The molecule has 0 N–H and O–H groups in total. The van der Waals surface area contributed by atoms with Crippen LogP contribution in [0, 0.1) is 0 Å². The molecular weight excluding hydrogens is 231 g/mol. The molecule has 0 saturated heterocycles. The van der Waals surface area contributed by atoms with E-state index in [0.717, 1.165) is 10.1 Å². The van der Waals surface area contributed by atoms with Gasteiger partial charge in [-0.2, -0.15) is 8.78 Å². The van der Waals surface area contributed by atoms with Gasteiger partial charge in [0.25, 0.3) is 0 Å². The molecule has 1 nitrogen and oxygen atoms in total. The van der Waals surface area contributed by atoms with Crippen LogP contribution in [0.5, 0.6) is 0 Å². The molecule has 14 heavy (non-hydrogen) atoms. The van der Waals surface area contributed by atoms with Crippen LogP contribution in [0.15, 0.2) is 16.9 Å². The number of hydrogen-bond acceptors (Lipinski definition) is 3. The van der Waals surface area contributed by atoms with Crippen molar-refractivity contribution in [3.63, 3.8) is 0 Å². The largest absolute Gasteiger partial charge is 0.301 e. The lowest BCUT2D eigenvalue weighted by Crippen LogP contribution is -1.92. The van der Waals surface area contributed by atoms with Gasteiger partial charge in [0.2, 0.25) is 0 Å². The van der Waals surface area contributed by atoms with E-state index in [-0.39, 0.29) is 6.42 Å². The molecular formula is C8H10F3NS2. The Balaban J connectivity index is 2.22. The fraction of sp³-hybridized carbons (Fsp3) is 0.625. The number of thioether (sulfide) groups is 2. The van der Waals surface area contributed by atoms with E-state index >= 15 is 0 Å². The molecule has 1 atom stereocenters. The molecule has 1 heterocycles. The van der Waals surface area contributed by atoms with Gasteiger partial charge in [-0.1, -0.05) is 23.5 Å². The van der Waals surface area contributed by atoms with E-state index in [1.54, 1.807) is 11.8 Å². The normalized spacial score (nSPS) is 20.9. The van der Waals surface area contributed by atoms with Gasteiger partial charge < -0.3 is 0 Å². The van der Waals surface area contributed by atoms with Crippen LogP contribution in [0.4, 0.5) is 13.2 Å². The maximum Gasteiger partial charge on any atom is 0.301 e. The zero-order valence-corrected chi connectivity index (χ0v) is 9.23. The van der Waals surface area contributed by atoms with Crippen molar-refractivity contribution in [3.8, 4) is 0 Å². The summed E-state index contributed by atoms with van der Waals surface area (Å²) in [4.78, 5) is 4.25. The molecule has 1 aliphatic rings. The zero-order chi connectivity index (χ0) is 10.6. The Bertz CT molecular complexity index is 261. The second kappa shape index (κ2) is 5.70. The number of allylic oxidation sites excluding steroid dienone is 1. The lowest BCUT2D eigenvalue weighted by Gasteiger charge is -1.97. The van der Waals surface area contributed by atoms with E-state index in [4.69, 9.17) is 0 Å². The van der Waals surface area contributed by atoms with Crippen LogP contribution in [0.1, 0.15) is 13.3 Å². The highest BCUT2D eigenvalue weighted by atomic mass is 32.2. The third-order valence-electron chi connectivity index (χ3n) is 1.53. The number of rotatable bonds is 3. The molecule has 0 bridgehead atoms. The van der Waals surface area contributed by atoms with E-state index in [9.17, 15) is 13.2 Å². The van der Waals surface area contributed by atoms with E-state index in [2.05, 4.69) is 4.99 Å². The summed E-state index contributed by atoms with van der Waals surface area (Å²) in [5, 5.41) is 0. The summed E-state index contributed by atoms with van der Waals surface area (Å²) in [6.07, 6.45) is -2.43. The lowest BCUT2D eigenvalue weighted by molar-refractivity contribution is 0.373. The van der Waals surface area contributed by atoms with Crippen LogP contribution in [-0.2, 0) is 0 Å². The highest BCUT2D eigenvalue weighted by Crippen LogP contribution is 2.27. The Morgan fingerprint density at radius 1 is 1.57 bits per heavy atom. The Hall–Kier alpha value is -0.100. The average Bonchev–Trinajstić information content (AvgIpc) is 2.51. The van der Waals surface area contributed by atoms with Crippen LogP contribution in [0.2, 0.25) is 0 Å². The van der Waals surface area contributed by atoms with Crippen molar-refractivity contribution in [2.45, 2.75) is 19.4 Å². The molecule has 0 radical (unpaired) electrons. The van der Waals surface area contributed by atoms with Crippen molar-refractivity contribution in [2.75, 3.05) is 11.5 Å². The van der Waals surface area contributed by atoms with Gasteiger partial charge in [-0.05, 0) is 6.92 Å². The van der Waals surface area contributed by atoms with Crippen molar-refractivity contribution >= 4 is 27.9 Å². The third-order valence-corrected chi connectivity index (χ3v) is 4.00. The van der Waals surface area contributed by atoms with Gasteiger partial charge in [0.05, 0.1) is 6.04 Å². The Morgan fingerprint density at radius 2 is 2.29 bits per heavy atom. The first-order chi connectivity index (χ1) is 6.59. The number of halogens is 3. The third kappa shape index (κ3) is 3.96. The monoisotopic (exact) mass is 241 g/mol. The molecule has 1 rings (SSSR count). The van der Waals surface area contributed by atoms with Crippen molar-refractivity contribution in [1.29, 1.82) is 0 Å². The van der Waals surface area contributed by atoms with Gasteiger partial charge in [-0.25, -0.2) is 4.39 Å². The van der Waals surface area contributed by atoms with Gasteiger partial charge >= 0.3 is 6.08 Å². The highest BCUT2D eigenvalue weighted by Gasteiger charge is 2.14. The molecule has 1 unspecified atom stereocenters. The first-order valence-corrected chi connectivity index (χ1v) is 6.09. The van der Waals surface area contributed by atoms with Gasteiger partial charge in [-0.15, -0.1) is 0 Å². The summed E-state index contributed by atoms with van der Waals surface area (Å²) in [5.74, 6) is -0.0611. The smallest absolute Gasteiger partial charge is 0.268 e. The molecule has 0 fully saturated rings. The highest BCUT2D eigenvalue weighted by molar-refractivity contribution is 8.39. The first kappa shape index (κ1) is 12.0.